The van der Waals surface area contributed by atoms with E-state index < -0.39 is 0 Å². The molecule has 5 rings (SSSR count). The Kier molecular flexibility index (Phi) is 6.50. The molecule has 5 aromatic rings. The van der Waals surface area contributed by atoms with Gasteiger partial charge >= 0.3 is 0 Å². The van der Waals surface area contributed by atoms with Gasteiger partial charge in [0.15, 0.2) is 0 Å². The van der Waals surface area contributed by atoms with Gasteiger partial charge in [-0.15, -0.1) is 0 Å². The molecule has 0 amide bonds. The minimum Gasteiger partial charge on any atom is -0.457 e. The van der Waals surface area contributed by atoms with E-state index in [0.29, 0.717) is 0 Å². The summed E-state index contributed by atoms with van der Waals surface area (Å²) in [7, 11) is 0. The average molecular weight is 441 g/mol. The molecule has 2 heteroatoms. The van der Waals surface area contributed by atoms with Gasteiger partial charge in [0.2, 0.25) is 0 Å². The van der Waals surface area contributed by atoms with E-state index in [-0.39, 0.29) is 0 Å². The van der Waals surface area contributed by atoms with Gasteiger partial charge in [-0.2, -0.15) is 0 Å². The van der Waals surface area contributed by atoms with Crippen LogP contribution >= 0.6 is 0 Å². The Morgan fingerprint density at radius 2 is 0.647 bits per heavy atom. The second-order valence-electron chi connectivity index (χ2n) is 7.92. The average Bonchev–Trinajstić information content (AvgIpc) is 2.89. The number of rotatable bonds is 6. The molecule has 0 bridgehead atoms. The minimum atomic E-state index is 0.827. The Labute approximate surface area is 199 Å². The Bertz CT molecular complexity index is 1320. The molecule has 0 aromatic heterocycles. The molecule has 0 saturated carbocycles. The van der Waals surface area contributed by atoms with Crippen molar-refractivity contribution in [2.75, 3.05) is 0 Å². The van der Waals surface area contributed by atoms with Gasteiger partial charge in [-0.05, 0) is 82.2 Å². The van der Waals surface area contributed by atoms with Gasteiger partial charge in [0.1, 0.15) is 23.0 Å². The first kappa shape index (κ1) is 21.3. The van der Waals surface area contributed by atoms with E-state index in [1.54, 1.807) is 0 Å². The topological polar surface area (TPSA) is 18.5 Å². The van der Waals surface area contributed by atoms with Gasteiger partial charge in [0.05, 0.1) is 0 Å². The Hall–Kier alpha value is -4.56. The fourth-order valence-corrected chi connectivity index (χ4v) is 3.59. The third-order valence-corrected chi connectivity index (χ3v) is 5.32. The zero-order valence-electron chi connectivity index (χ0n) is 18.7. The summed E-state index contributed by atoms with van der Waals surface area (Å²) in [6.45, 7) is 0. The first-order valence-corrected chi connectivity index (χ1v) is 11.3. The molecule has 0 spiro atoms. The molecule has 0 radical (unpaired) electrons. The predicted octanol–water partition coefficient (Wildman–Crippen LogP) is 6.93. The molecule has 5 aromatic carbocycles. The van der Waals surface area contributed by atoms with E-state index in [0.717, 1.165) is 44.6 Å². The molecule has 2 nitrogen and oxygen atoms in total. The summed E-state index contributed by atoms with van der Waals surface area (Å²) in [4.78, 5) is 0. The number of ether oxygens (including phenoxy) is 2. The van der Waals surface area contributed by atoms with E-state index in [1.807, 2.05) is 84.9 Å². The van der Waals surface area contributed by atoms with Crippen LogP contribution in [0, 0.1) is 0 Å². The Morgan fingerprint density at radius 1 is 0.324 bits per heavy atom. The van der Waals surface area contributed by atoms with Gasteiger partial charge in [-0.3, -0.25) is 0 Å². The standard InChI is InChI=1S/C32H24O2/c1-3-7-29(8-4-1)33-31-19-15-27(16-20-31)23-25-11-13-26(14-12-25)24-28-17-21-32(22-18-28)34-30-9-5-2-6-10-30/h1-24H. The van der Waals surface area contributed by atoms with Crippen LogP contribution in [0.25, 0.3) is 12.2 Å². The lowest BCUT2D eigenvalue weighted by molar-refractivity contribution is 0.482. The van der Waals surface area contributed by atoms with E-state index in [1.165, 1.54) is 0 Å². The number of para-hydroxylation sites is 2. The quantitative estimate of drug-likeness (QED) is 0.285. The van der Waals surface area contributed by atoms with Crippen LogP contribution < -0.4 is 19.9 Å². The monoisotopic (exact) mass is 440 g/mol. The van der Waals surface area contributed by atoms with Crippen LogP contribution in [0.15, 0.2) is 133 Å². The number of hydrogen-bond donors (Lipinski definition) is 0. The van der Waals surface area contributed by atoms with Gasteiger partial charge in [-0.1, -0.05) is 84.9 Å². The lowest BCUT2D eigenvalue weighted by Gasteiger charge is -2.05. The highest BCUT2D eigenvalue weighted by Crippen LogP contribution is 2.22. The summed E-state index contributed by atoms with van der Waals surface area (Å²) >= 11 is 0. The molecule has 0 aliphatic carbocycles. The first-order valence-electron chi connectivity index (χ1n) is 11.3. The van der Waals surface area contributed by atoms with Gasteiger partial charge in [0, 0.05) is 0 Å². The van der Waals surface area contributed by atoms with E-state index in [2.05, 4.69) is 60.7 Å². The highest BCUT2D eigenvalue weighted by molar-refractivity contribution is 5.53. The molecule has 0 aliphatic rings. The van der Waals surface area contributed by atoms with Crippen molar-refractivity contribution >= 4 is 12.2 Å². The van der Waals surface area contributed by atoms with E-state index in [4.69, 9.17) is 9.47 Å². The summed E-state index contributed by atoms with van der Waals surface area (Å²) in [6, 6.07) is 44.4. The van der Waals surface area contributed by atoms with Crippen molar-refractivity contribution in [3.05, 3.63) is 155 Å². The summed E-state index contributed by atoms with van der Waals surface area (Å²) in [6.07, 6.45) is 4.32. The van der Waals surface area contributed by atoms with Crippen LogP contribution in [0.3, 0.4) is 0 Å². The molecular weight excluding hydrogens is 416 g/mol. The maximum atomic E-state index is 5.87. The Balaban J connectivity index is 1.26. The van der Waals surface area contributed by atoms with Crippen molar-refractivity contribution in [3.63, 3.8) is 0 Å². The zero-order chi connectivity index (χ0) is 23.0. The number of benzene rings is 5. The molecule has 0 fully saturated rings. The molecule has 34 heavy (non-hydrogen) atoms. The maximum absolute atomic E-state index is 5.87. The van der Waals surface area contributed by atoms with Crippen LogP contribution in [0.1, 0.15) is 11.1 Å². The lowest BCUT2D eigenvalue weighted by Crippen LogP contribution is -2.07. The third-order valence-electron chi connectivity index (χ3n) is 5.32. The van der Waals surface area contributed by atoms with Crippen molar-refractivity contribution in [2.45, 2.75) is 0 Å². The molecule has 164 valence electrons. The molecule has 0 saturated heterocycles. The third kappa shape index (κ3) is 5.81. The highest BCUT2D eigenvalue weighted by atomic mass is 16.5. The predicted molar refractivity (Wildman–Crippen MR) is 139 cm³/mol. The van der Waals surface area contributed by atoms with Crippen molar-refractivity contribution < 1.29 is 9.47 Å². The molecular formula is C32H24O2. The van der Waals surface area contributed by atoms with Crippen LogP contribution in [-0.4, -0.2) is 0 Å². The summed E-state index contributed by atoms with van der Waals surface area (Å²) in [5, 5.41) is 2.31. The van der Waals surface area contributed by atoms with Crippen molar-refractivity contribution in [3.8, 4) is 23.0 Å². The second-order valence-corrected chi connectivity index (χ2v) is 7.92. The molecule has 0 unspecified atom stereocenters. The zero-order valence-corrected chi connectivity index (χ0v) is 18.7. The Morgan fingerprint density at radius 3 is 1.00 bits per heavy atom. The molecule has 0 atom stereocenters. The maximum Gasteiger partial charge on any atom is 0.127 e. The fraction of sp³-hybridized carbons (Fsp3) is 0. The van der Waals surface area contributed by atoms with Crippen molar-refractivity contribution in [1.82, 2.24) is 0 Å². The van der Waals surface area contributed by atoms with Crippen LogP contribution in [0.4, 0.5) is 0 Å². The van der Waals surface area contributed by atoms with Crippen molar-refractivity contribution in [2.24, 2.45) is 0 Å². The molecule has 0 aliphatic heterocycles. The smallest absolute Gasteiger partial charge is 0.127 e. The van der Waals surface area contributed by atoms with Gasteiger partial charge < -0.3 is 9.47 Å². The molecule has 0 N–H and O–H groups in total. The van der Waals surface area contributed by atoms with Crippen molar-refractivity contribution in [1.29, 1.82) is 0 Å². The minimum absolute atomic E-state index is 0.827. The largest absolute Gasteiger partial charge is 0.457 e. The van der Waals surface area contributed by atoms with Crippen LogP contribution in [0.5, 0.6) is 23.0 Å². The summed E-state index contributed by atoms with van der Waals surface area (Å²) in [5.74, 6) is 3.33. The first-order chi connectivity index (χ1) is 16.8. The van der Waals surface area contributed by atoms with Crippen LogP contribution in [-0.2, 0) is 0 Å². The molecule has 0 heterocycles. The highest BCUT2D eigenvalue weighted by Gasteiger charge is 1.97. The van der Waals surface area contributed by atoms with E-state index >= 15 is 0 Å². The van der Waals surface area contributed by atoms with Gasteiger partial charge in [0.25, 0.3) is 0 Å². The van der Waals surface area contributed by atoms with Gasteiger partial charge in [-0.25, -0.2) is 0 Å². The normalized spacial score (nSPS) is 10.4. The SMILES string of the molecule is C(c1ccc(Oc2ccccc2)cc1)=c1ccc(=Cc2ccc(Oc3ccccc3)cc2)cc1. The fourth-order valence-electron chi connectivity index (χ4n) is 3.59. The number of hydrogen-bond acceptors (Lipinski definition) is 2. The second kappa shape index (κ2) is 10.4. The van der Waals surface area contributed by atoms with E-state index in [9.17, 15) is 0 Å². The van der Waals surface area contributed by atoms with Crippen LogP contribution in [0.2, 0.25) is 0 Å². The lowest BCUT2D eigenvalue weighted by atomic mass is 10.1. The summed E-state index contributed by atoms with van der Waals surface area (Å²) < 4.78 is 11.7. The summed E-state index contributed by atoms with van der Waals surface area (Å²) in [5.41, 5.74) is 2.26.